The molecule has 0 aromatic rings. The zero-order valence-corrected chi connectivity index (χ0v) is 11.3. The number of likely N-dealkylation sites (N-methyl/N-ethyl adjacent to an activating group) is 1. The second-order valence-corrected chi connectivity index (χ2v) is 5.37. The van der Waals surface area contributed by atoms with Crippen LogP contribution in [0, 0.1) is 0 Å². The Morgan fingerprint density at radius 3 is 2.76 bits per heavy atom. The van der Waals surface area contributed by atoms with Gasteiger partial charge in [-0.15, -0.1) is 0 Å². The lowest BCUT2D eigenvalue weighted by molar-refractivity contribution is -0.141. The van der Waals surface area contributed by atoms with Gasteiger partial charge >= 0.3 is 0 Å². The minimum Gasteiger partial charge on any atom is -0.374 e. The summed E-state index contributed by atoms with van der Waals surface area (Å²) in [5.74, 6) is -0.00546. The van der Waals surface area contributed by atoms with Gasteiger partial charge in [-0.3, -0.25) is 4.79 Å². The largest absolute Gasteiger partial charge is 0.374 e. The third kappa shape index (κ3) is 6.00. The molecule has 1 saturated heterocycles. The molecule has 1 aliphatic rings. The van der Waals surface area contributed by atoms with Crippen LogP contribution in [0.3, 0.4) is 0 Å². The molecule has 0 aromatic carbocycles. The van der Waals surface area contributed by atoms with E-state index in [9.17, 15) is 4.79 Å². The monoisotopic (exact) mass is 244 g/mol. The molecular weight excluding hydrogens is 220 g/mol. The van der Waals surface area contributed by atoms with E-state index in [4.69, 9.17) is 9.47 Å². The van der Waals surface area contributed by atoms with Crippen molar-refractivity contribution in [1.82, 2.24) is 10.2 Å². The van der Waals surface area contributed by atoms with Gasteiger partial charge in [0.1, 0.15) is 6.61 Å². The molecule has 5 nitrogen and oxygen atoms in total. The summed E-state index contributed by atoms with van der Waals surface area (Å²) in [5, 5.41) is 3.24. The summed E-state index contributed by atoms with van der Waals surface area (Å²) in [5.41, 5.74) is -0.278. The van der Waals surface area contributed by atoms with Crippen molar-refractivity contribution in [1.29, 1.82) is 0 Å². The van der Waals surface area contributed by atoms with Crippen molar-refractivity contribution >= 4 is 5.91 Å². The van der Waals surface area contributed by atoms with Crippen LogP contribution in [0.15, 0.2) is 0 Å². The number of rotatable bonds is 4. The fourth-order valence-electron chi connectivity index (χ4n) is 1.53. The molecule has 100 valence electrons. The zero-order chi connectivity index (χ0) is 12.9. The highest BCUT2D eigenvalue weighted by Crippen LogP contribution is 2.07. The van der Waals surface area contributed by atoms with Crippen molar-refractivity contribution in [3.8, 4) is 0 Å². The maximum Gasteiger partial charge on any atom is 0.248 e. The molecule has 1 amide bonds. The maximum absolute atomic E-state index is 11.8. The number of hydrogen-bond donors (Lipinski definition) is 1. The minimum absolute atomic E-state index is 0.00546. The van der Waals surface area contributed by atoms with Gasteiger partial charge in [0.2, 0.25) is 5.91 Å². The molecule has 1 heterocycles. The van der Waals surface area contributed by atoms with E-state index < -0.39 is 0 Å². The van der Waals surface area contributed by atoms with Gasteiger partial charge in [0.05, 0.1) is 18.3 Å². The van der Waals surface area contributed by atoms with Crippen LogP contribution < -0.4 is 5.32 Å². The topological polar surface area (TPSA) is 50.8 Å². The highest BCUT2D eigenvalue weighted by molar-refractivity contribution is 5.77. The molecule has 17 heavy (non-hydrogen) atoms. The van der Waals surface area contributed by atoms with Gasteiger partial charge in [-0.05, 0) is 20.8 Å². The Kier molecular flexibility index (Phi) is 5.36. The number of carbonyl (C=O) groups is 1. The van der Waals surface area contributed by atoms with E-state index >= 15 is 0 Å². The number of carbonyl (C=O) groups excluding carboxylic acids is 1. The molecule has 0 aliphatic carbocycles. The van der Waals surface area contributed by atoms with E-state index in [-0.39, 0.29) is 24.2 Å². The Balaban J connectivity index is 2.26. The second kappa shape index (κ2) is 6.33. The van der Waals surface area contributed by atoms with Gasteiger partial charge in [0, 0.05) is 26.7 Å². The third-order valence-corrected chi connectivity index (χ3v) is 2.54. The molecule has 0 radical (unpaired) electrons. The Morgan fingerprint density at radius 1 is 1.53 bits per heavy atom. The Morgan fingerprint density at radius 2 is 2.24 bits per heavy atom. The predicted octanol–water partition coefficient (Wildman–Crippen LogP) is 0.248. The molecule has 1 atom stereocenters. The molecule has 0 saturated carbocycles. The predicted molar refractivity (Wildman–Crippen MR) is 66.0 cm³/mol. The number of amides is 1. The molecule has 1 aliphatic heterocycles. The fourth-order valence-corrected chi connectivity index (χ4v) is 1.53. The van der Waals surface area contributed by atoms with Crippen LogP contribution in [0.2, 0.25) is 0 Å². The van der Waals surface area contributed by atoms with E-state index in [1.165, 1.54) is 0 Å². The van der Waals surface area contributed by atoms with Crippen LogP contribution >= 0.6 is 0 Å². The van der Waals surface area contributed by atoms with Gasteiger partial charge in [-0.25, -0.2) is 0 Å². The lowest BCUT2D eigenvalue weighted by Gasteiger charge is -2.28. The van der Waals surface area contributed by atoms with Crippen molar-refractivity contribution in [2.45, 2.75) is 32.5 Å². The second-order valence-electron chi connectivity index (χ2n) is 5.37. The van der Waals surface area contributed by atoms with E-state index in [2.05, 4.69) is 5.32 Å². The molecule has 1 unspecified atom stereocenters. The van der Waals surface area contributed by atoms with Crippen molar-refractivity contribution in [3.63, 3.8) is 0 Å². The number of nitrogens with one attached hydrogen (secondary N) is 1. The van der Waals surface area contributed by atoms with Crippen LogP contribution in [0.25, 0.3) is 0 Å². The highest BCUT2D eigenvalue weighted by atomic mass is 16.5. The van der Waals surface area contributed by atoms with E-state index in [1.54, 1.807) is 11.9 Å². The highest BCUT2D eigenvalue weighted by Gasteiger charge is 2.20. The summed E-state index contributed by atoms with van der Waals surface area (Å²) < 4.78 is 11.0. The van der Waals surface area contributed by atoms with Crippen molar-refractivity contribution < 1.29 is 14.3 Å². The molecule has 1 N–H and O–H groups in total. The van der Waals surface area contributed by atoms with E-state index in [1.807, 2.05) is 20.8 Å². The normalized spacial score (nSPS) is 21.3. The number of nitrogens with zero attached hydrogens (tertiary/aromatic N) is 1. The number of morpholine rings is 1. The first-order chi connectivity index (χ1) is 7.88. The number of ether oxygens (including phenoxy) is 2. The summed E-state index contributed by atoms with van der Waals surface area (Å²) in [7, 11) is 1.78. The summed E-state index contributed by atoms with van der Waals surface area (Å²) in [4.78, 5) is 13.5. The standard InChI is InChI=1S/C12H24N2O3/c1-12(2,3)17-9-11(15)14(4)8-10-7-13-5-6-16-10/h10,13H,5-9H2,1-4H3. The van der Waals surface area contributed by atoms with E-state index in [0.29, 0.717) is 13.2 Å². The molecule has 5 heteroatoms. The Hall–Kier alpha value is -0.650. The summed E-state index contributed by atoms with van der Waals surface area (Å²) in [6.45, 7) is 8.96. The Bertz CT molecular complexity index is 245. The Labute approximate surface area is 103 Å². The van der Waals surface area contributed by atoms with Gasteiger partial charge in [-0.2, -0.15) is 0 Å². The van der Waals surface area contributed by atoms with Crippen LogP contribution in [0.4, 0.5) is 0 Å². The van der Waals surface area contributed by atoms with Crippen LogP contribution in [-0.4, -0.2) is 62.4 Å². The molecule has 0 bridgehead atoms. The van der Waals surface area contributed by atoms with Gasteiger partial charge in [0.15, 0.2) is 0 Å². The first kappa shape index (κ1) is 14.4. The SMILES string of the molecule is CN(CC1CNCCO1)C(=O)COC(C)(C)C. The van der Waals surface area contributed by atoms with Crippen molar-refractivity contribution in [3.05, 3.63) is 0 Å². The lowest BCUT2D eigenvalue weighted by Crippen LogP contribution is -2.46. The minimum atomic E-state index is -0.278. The van der Waals surface area contributed by atoms with Gasteiger partial charge in [0.25, 0.3) is 0 Å². The van der Waals surface area contributed by atoms with Gasteiger partial charge < -0.3 is 19.7 Å². The average Bonchev–Trinajstić information content (AvgIpc) is 2.26. The van der Waals surface area contributed by atoms with Crippen LogP contribution in [-0.2, 0) is 14.3 Å². The summed E-state index contributed by atoms with van der Waals surface area (Å²) in [6.07, 6.45) is 0.0901. The average molecular weight is 244 g/mol. The molecule has 0 aromatic heterocycles. The van der Waals surface area contributed by atoms with Crippen molar-refractivity contribution in [2.75, 3.05) is 39.9 Å². The number of hydrogen-bond acceptors (Lipinski definition) is 4. The molecule has 1 fully saturated rings. The zero-order valence-electron chi connectivity index (χ0n) is 11.3. The van der Waals surface area contributed by atoms with Crippen molar-refractivity contribution in [2.24, 2.45) is 0 Å². The molecular formula is C12H24N2O3. The van der Waals surface area contributed by atoms with Crippen LogP contribution in [0.5, 0.6) is 0 Å². The smallest absolute Gasteiger partial charge is 0.248 e. The van der Waals surface area contributed by atoms with Gasteiger partial charge in [-0.1, -0.05) is 0 Å². The third-order valence-electron chi connectivity index (χ3n) is 2.54. The first-order valence-electron chi connectivity index (χ1n) is 6.09. The maximum atomic E-state index is 11.8. The quantitative estimate of drug-likeness (QED) is 0.770. The summed E-state index contributed by atoms with van der Waals surface area (Å²) >= 11 is 0. The summed E-state index contributed by atoms with van der Waals surface area (Å²) in [6, 6.07) is 0. The molecule has 1 rings (SSSR count). The fraction of sp³-hybridized carbons (Fsp3) is 0.917. The first-order valence-corrected chi connectivity index (χ1v) is 6.09. The van der Waals surface area contributed by atoms with E-state index in [0.717, 1.165) is 13.1 Å². The molecule has 0 spiro atoms. The van der Waals surface area contributed by atoms with Crippen LogP contribution in [0.1, 0.15) is 20.8 Å². The lowest BCUT2D eigenvalue weighted by atomic mass is 10.2.